The molecular weight excluding hydrogens is 266 g/mol. The highest BCUT2D eigenvalue weighted by atomic mass is 16.1. The van der Waals surface area contributed by atoms with Crippen LogP contribution in [-0.2, 0) is 13.0 Å². The Morgan fingerprint density at radius 1 is 1.29 bits per heavy atom. The van der Waals surface area contributed by atoms with Gasteiger partial charge >= 0.3 is 0 Å². The molecule has 0 aliphatic heterocycles. The Kier molecular flexibility index (Phi) is 3.43. The van der Waals surface area contributed by atoms with Crippen molar-refractivity contribution in [1.29, 1.82) is 0 Å². The number of nitrogens with one attached hydrogen (secondary N) is 2. The van der Waals surface area contributed by atoms with Gasteiger partial charge < -0.3 is 5.32 Å². The van der Waals surface area contributed by atoms with Crippen LogP contribution in [-0.4, -0.2) is 19.6 Å². The Bertz CT molecular complexity index is 833. The first-order chi connectivity index (χ1) is 10.2. The van der Waals surface area contributed by atoms with E-state index in [1.807, 2.05) is 19.1 Å². The van der Waals surface area contributed by atoms with Gasteiger partial charge in [-0.25, -0.2) is 4.98 Å². The van der Waals surface area contributed by atoms with E-state index in [0.717, 1.165) is 11.3 Å². The lowest BCUT2D eigenvalue weighted by atomic mass is 10.1. The molecule has 0 spiro atoms. The molecule has 0 bridgehead atoms. The van der Waals surface area contributed by atoms with Crippen molar-refractivity contribution in [2.24, 2.45) is 0 Å². The summed E-state index contributed by atoms with van der Waals surface area (Å²) in [6.45, 7) is 4.65. The predicted octanol–water partition coefficient (Wildman–Crippen LogP) is 1.90. The Hall–Kier alpha value is -2.63. The zero-order chi connectivity index (χ0) is 14.8. The van der Waals surface area contributed by atoms with Crippen LogP contribution in [0.3, 0.4) is 0 Å². The van der Waals surface area contributed by atoms with Crippen LogP contribution in [0.4, 0.5) is 5.95 Å². The topological polar surface area (TPSA) is 75.1 Å². The number of fused-ring (bicyclic) bond motifs is 1. The third-order valence-corrected chi connectivity index (χ3v) is 3.29. The summed E-state index contributed by atoms with van der Waals surface area (Å²) in [6, 6.07) is 9.75. The largest absolute Gasteiger partial charge is 0.351 e. The summed E-state index contributed by atoms with van der Waals surface area (Å²) in [6.07, 6.45) is 0.713. The van der Waals surface area contributed by atoms with Gasteiger partial charge in [0.25, 0.3) is 11.3 Å². The maximum absolute atomic E-state index is 11.9. The number of H-pyrrole nitrogens is 1. The average Bonchev–Trinajstić information content (AvgIpc) is 2.89. The van der Waals surface area contributed by atoms with Crippen molar-refractivity contribution in [2.45, 2.75) is 26.8 Å². The van der Waals surface area contributed by atoms with Gasteiger partial charge in [-0.1, -0.05) is 36.8 Å². The molecule has 6 heteroatoms. The molecule has 0 atom stereocenters. The molecule has 3 aromatic rings. The smallest absolute Gasteiger partial charge is 0.274 e. The third-order valence-electron chi connectivity index (χ3n) is 3.29. The highest BCUT2D eigenvalue weighted by Gasteiger charge is 2.07. The van der Waals surface area contributed by atoms with E-state index in [9.17, 15) is 4.79 Å². The molecule has 2 heterocycles. The molecular formula is C15H17N5O. The summed E-state index contributed by atoms with van der Waals surface area (Å²) in [5, 5.41) is 6.10. The molecule has 1 aromatic carbocycles. The van der Waals surface area contributed by atoms with Crippen molar-refractivity contribution in [2.75, 3.05) is 5.32 Å². The lowest BCUT2D eigenvalue weighted by Gasteiger charge is -2.03. The summed E-state index contributed by atoms with van der Waals surface area (Å²) in [7, 11) is 0. The molecule has 6 nitrogen and oxygen atoms in total. The van der Waals surface area contributed by atoms with Crippen LogP contribution in [0.25, 0.3) is 5.78 Å². The Labute approximate surface area is 121 Å². The fourth-order valence-corrected chi connectivity index (χ4v) is 2.20. The number of aromatic amines is 1. The van der Waals surface area contributed by atoms with E-state index in [0.29, 0.717) is 24.7 Å². The van der Waals surface area contributed by atoms with Crippen LogP contribution >= 0.6 is 0 Å². The first kappa shape index (κ1) is 13.4. The molecule has 21 heavy (non-hydrogen) atoms. The zero-order valence-electron chi connectivity index (χ0n) is 12.1. The van der Waals surface area contributed by atoms with Crippen molar-refractivity contribution in [3.63, 3.8) is 0 Å². The quantitative estimate of drug-likeness (QED) is 0.767. The highest BCUT2D eigenvalue weighted by Crippen LogP contribution is 2.07. The average molecular weight is 283 g/mol. The standard InChI is InChI=1S/C15H17N5O/c1-3-12-8-13(21)20-15(17-12)18-14(19-20)16-9-11-6-4-5-10(2)7-11/h4-8H,3,9H2,1-2H3,(H2,16,17,18,19). The number of aromatic nitrogens is 4. The molecule has 2 N–H and O–H groups in total. The molecule has 0 fully saturated rings. The third kappa shape index (κ3) is 2.79. The molecule has 0 amide bonds. The van der Waals surface area contributed by atoms with Crippen molar-refractivity contribution in [3.8, 4) is 0 Å². The molecule has 0 aliphatic carbocycles. The number of hydrogen-bond donors (Lipinski definition) is 2. The fraction of sp³-hybridized carbons (Fsp3) is 0.267. The van der Waals surface area contributed by atoms with E-state index >= 15 is 0 Å². The molecule has 0 saturated carbocycles. The van der Waals surface area contributed by atoms with Gasteiger partial charge in [0.1, 0.15) is 0 Å². The van der Waals surface area contributed by atoms with Crippen LogP contribution in [0.2, 0.25) is 0 Å². The van der Waals surface area contributed by atoms with Gasteiger partial charge in [0.05, 0.1) is 0 Å². The number of hydrogen-bond acceptors (Lipinski definition) is 4. The first-order valence-electron chi connectivity index (χ1n) is 6.94. The van der Waals surface area contributed by atoms with E-state index in [1.54, 1.807) is 0 Å². The second-order valence-electron chi connectivity index (χ2n) is 4.99. The SMILES string of the molecule is CCc1cc(=O)n2[nH]c(NCc3cccc(C)c3)nc2n1. The number of rotatable bonds is 4. The number of aryl methyl sites for hydroxylation is 2. The van der Waals surface area contributed by atoms with Crippen LogP contribution < -0.4 is 10.9 Å². The zero-order valence-corrected chi connectivity index (χ0v) is 12.1. The molecule has 0 radical (unpaired) electrons. The molecule has 0 aliphatic rings. The van der Waals surface area contributed by atoms with E-state index in [-0.39, 0.29) is 5.56 Å². The minimum absolute atomic E-state index is 0.145. The maximum Gasteiger partial charge on any atom is 0.274 e. The summed E-state index contributed by atoms with van der Waals surface area (Å²) in [5.41, 5.74) is 2.97. The Morgan fingerprint density at radius 3 is 2.90 bits per heavy atom. The van der Waals surface area contributed by atoms with Crippen LogP contribution in [0, 0.1) is 6.92 Å². The van der Waals surface area contributed by atoms with E-state index in [2.05, 4.69) is 39.4 Å². The lowest BCUT2D eigenvalue weighted by Crippen LogP contribution is -2.15. The summed E-state index contributed by atoms with van der Waals surface area (Å²) in [4.78, 5) is 20.5. The van der Waals surface area contributed by atoms with Crippen molar-refractivity contribution >= 4 is 11.7 Å². The molecule has 108 valence electrons. The summed E-state index contributed by atoms with van der Waals surface area (Å²) in [5.74, 6) is 0.931. The number of nitrogens with zero attached hydrogens (tertiary/aromatic N) is 3. The second-order valence-corrected chi connectivity index (χ2v) is 4.99. The Morgan fingerprint density at radius 2 is 2.14 bits per heavy atom. The van der Waals surface area contributed by atoms with Gasteiger partial charge in [-0.05, 0) is 18.9 Å². The molecule has 0 unspecified atom stereocenters. The van der Waals surface area contributed by atoms with E-state index < -0.39 is 0 Å². The van der Waals surface area contributed by atoms with Crippen LogP contribution in [0.1, 0.15) is 23.7 Å². The van der Waals surface area contributed by atoms with E-state index in [1.165, 1.54) is 16.1 Å². The van der Waals surface area contributed by atoms with Crippen molar-refractivity contribution in [1.82, 2.24) is 19.6 Å². The van der Waals surface area contributed by atoms with Crippen LogP contribution in [0.15, 0.2) is 35.1 Å². The lowest BCUT2D eigenvalue weighted by molar-refractivity contribution is 0.873. The van der Waals surface area contributed by atoms with Gasteiger partial charge in [0, 0.05) is 18.3 Å². The van der Waals surface area contributed by atoms with Gasteiger partial charge in [0.15, 0.2) is 0 Å². The predicted molar refractivity (Wildman–Crippen MR) is 81.5 cm³/mol. The number of benzene rings is 1. The fourth-order valence-electron chi connectivity index (χ4n) is 2.20. The maximum atomic E-state index is 11.9. The van der Waals surface area contributed by atoms with Crippen LogP contribution in [0.5, 0.6) is 0 Å². The van der Waals surface area contributed by atoms with Crippen molar-refractivity contribution in [3.05, 3.63) is 57.5 Å². The first-order valence-corrected chi connectivity index (χ1v) is 6.94. The minimum Gasteiger partial charge on any atom is -0.351 e. The van der Waals surface area contributed by atoms with E-state index in [4.69, 9.17) is 0 Å². The Balaban J connectivity index is 1.85. The van der Waals surface area contributed by atoms with Gasteiger partial charge in [-0.3, -0.25) is 9.89 Å². The molecule has 3 rings (SSSR count). The molecule has 0 saturated heterocycles. The molecule has 2 aromatic heterocycles. The highest BCUT2D eigenvalue weighted by molar-refractivity contribution is 5.38. The summed E-state index contributed by atoms with van der Waals surface area (Å²) >= 11 is 0. The van der Waals surface area contributed by atoms with Gasteiger partial charge in [-0.2, -0.15) is 9.50 Å². The number of anilines is 1. The van der Waals surface area contributed by atoms with Gasteiger partial charge in [0.2, 0.25) is 5.95 Å². The van der Waals surface area contributed by atoms with Crippen molar-refractivity contribution < 1.29 is 0 Å². The monoisotopic (exact) mass is 283 g/mol. The normalized spacial score (nSPS) is 11.0. The minimum atomic E-state index is -0.145. The summed E-state index contributed by atoms with van der Waals surface area (Å²) < 4.78 is 1.34. The van der Waals surface area contributed by atoms with Gasteiger partial charge in [-0.15, -0.1) is 0 Å². The second kappa shape index (κ2) is 5.40.